The van der Waals surface area contributed by atoms with Gasteiger partial charge in [0.2, 0.25) is 0 Å². The van der Waals surface area contributed by atoms with Crippen LogP contribution in [0.1, 0.15) is 0 Å². The largest absolute Gasteiger partial charge is 0.506 e. The zero-order chi connectivity index (χ0) is 42.9. The van der Waals surface area contributed by atoms with Crippen molar-refractivity contribution in [1.29, 1.82) is 0 Å². The van der Waals surface area contributed by atoms with E-state index in [0.29, 0.717) is 18.2 Å². The van der Waals surface area contributed by atoms with Crippen LogP contribution in [0.5, 0.6) is 11.5 Å². The van der Waals surface area contributed by atoms with Gasteiger partial charge in [0.25, 0.3) is 20.2 Å². The van der Waals surface area contributed by atoms with Crippen molar-refractivity contribution in [2.75, 3.05) is 30.5 Å². The van der Waals surface area contributed by atoms with Crippen LogP contribution in [0.3, 0.4) is 0 Å². The number of hydrogen-bond acceptors (Lipinski definition) is 21. The Kier molecular flexibility index (Phi) is 12.8. The van der Waals surface area contributed by atoms with Gasteiger partial charge in [-0.3, -0.25) is 18.2 Å². The van der Waals surface area contributed by atoms with Gasteiger partial charge in [0.05, 0.1) is 51.3 Å². The van der Waals surface area contributed by atoms with Crippen LogP contribution in [0.15, 0.2) is 94.6 Å². The molecule has 310 valence electrons. The second-order valence-corrected chi connectivity index (χ2v) is 20.1. The molecule has 0 aliphatic carbocycles. The van der Waals surface area contributed by atoms with Gasteiger partial charge in [-0.15, -0.1) is 15.3 Å². The van der Waals surface area contributed by atoms with Gasteiger partial charge >= 0.3 is 20.8 Å². The predicted octanol–water partition coefficient (Wildman–Crippen LogP) is 2.34. The molecule has 0 atom stereocenters. The molecule has 0 radical (unpaired) electrons. The molecule has 57 heavy (non-hydrogen) atoms. The van der Waals surface area contributed by atoms with Crippen LogP contribution in [0.25, 0.3) is 10.8 Å². The number of benzene rings is 4. The molecule has 0 aromatic heterocycles. The molecule has 0 bridgehead atoms. The number of hydrogen-bond donors (Lipinski definition) is 7. The van der Waals surface area contributed by atoms with Gasteiger partial charge in [-0.05, 0) is 60.0 Å². The molecule has 0 aliphatic heterocycles. The first-order valence-electron chi connectivity index (χ1n) is 14.5. The number of fused-ring (bicyclic) bond motifs is 1. The maximum Gasteiger partial charge on any atom is 0.397 e. The number of nitrogens with two attached hydrogens (primary N) is 1. The quantitative estimate of drug-likeness (QED) is 0.0481. The summed E-state index contributed by atoms with van der Waals surface area (Å²) in [5.74, 6) is -3.91. The summed E-state index contributed by atoms with van der Waals surface area (Å²) >= 11 is 0. The number of aromatic hydroxyl groups is 2. The number of sulfone groups is 2. The van der Waals surface area contributed by atoms with E-state index in [9.17, 15) is 69.8 Å². The first kappa shape index (κ1) is 44.9. The monoisotopic (exact) mass is 919 g/mol. The Labute approximate surface area is 322 Å². The van der Waals surface area contributed by atoms with Crippen LogP contribution in [-0.2, 0) is 69.1 Å². The summed E-state index contributed by atoms with van der Waals surface area (Å²) in [5, 5.41) is 34.8. The van der Waals surface area contributed by atoms with Gasteiger partial charge in [0.1, 0.15) is 32.6 Å². The summed E-state index contributed by atoms with van der Waals surface area (Å²) in [6.07, 6.45) is 0. The van der Waals surface area contributed by atoms with Crippen LogP contribution in [0, 0.1) is 0 Å². The zero-order valence-corrected chi connectivity index (χ0v) is 32.6. The number of nitrogen functional groups attached to an aromatic ring is 1. The smallest absolute Gasteiger partial charge is 0.397 e. The Morgan fingerprint density at radius 2 is 1.02 bits per heavy atom. The fourth-order valence-electron chi connectivity index (χ4n) is 4.55. The predicted molar refractivity (Wildman–Crippen MR) is 192 cm³/mol. The summed E-state index contributed by atoms with van der Waals surface area (Å²) in [6, 6.07) is 7.47. The molecule has 0 aliphatic rings. The zero-order valence-electron chi connectivity index (χ0n) is 27.7. The fraction of sp³-hybridized carbons (Fsp3) is 0.154. The van der Waals surface area contributed by atoms with Crippen LogP contribution in [0.4, 0.5) is 28.4 Å². The SMILES string of the molecule is Nc1c(N=Nc2ccc(S(=O)(=O)CCOS(=O)(=O)O)cc2)c(S(=O)(=O)O)cc2cc(S(=O)(=O)O)c(N=Nc3cc(S(=O)(=O)CCOS(=O)(=O)O)ccc3O)c(O)c12. The molecule has 0 unspecified atom stereocenters. The summed E-state index contributed by atoms with van der Waals surface area (Å²) in [5.41, 5.74) is 2.43. The van der Waals surface area contributed by atoms with Gasteiger partial charge < -0.3 is 15.9 Å². The lowest BCUT2D eigenvalue weighted by atomic mass is 10.1. The highest BCUT2D eigenvalue weighted by Crippen LogP contribution is 2.48. The third kappa shape index (κ3) is 11.4. The van der Waals surface area contributed by atoms with Crippen molar-refractivity contribution in [3.8, 4) is 11.5 Å². The van der Waals surface area contributed by atoms with Gasteiger partial charge in [-0.1, -0.05) is 0 Å². The van der Waals surface area contributed by atoms with E-state index in [1.165, 1.54) is 0 Å². The molecule has 0 spiro atoms. The molecule has 0 heterocycles. The highest BCUT2D eigenvalue weighted by atomic mass is 32.3. The number of azo groups is 2. The molecule has 4 aromatic rings. The van der Waals surface area contributed by atoms with Gasteiger partial charge in [0.15, 0.2) is 25.4 Å². The van der Waals surface area contributed by atoms with Crippen LogP contribution >= 0.6 is 0 Å². The van der Waals surface area contributed by atoms with Crippen molar-refractivity contribution in [2.24, 2.45) is 20.5 Å². The molecule has 4 aromatic carbocycles. The Bertz CT molecular complexity index is 3010. The molecule has 0 amide bonds. The third-order valence-electron chi connectivity index (χ3n) is 7.06. The average molecular weight is 920 g/mol. The first-order chi connectivity index (χ1) is 26.0. The van der Waals surface area contributed by atoms with Crippen LogP contribution < -0.4 is 5.73 Å². The molecule has 25 nitrogen and oxygen atoms in total. The number of phenols is 2. The van der Waals surface area contributed by atoms with E-state index in [1.807, 2.05) is 0 Å². The fourth-order valence-corrected chi connectivity index (χ4v) is 8.87. The lowest BCUT2D eigenvalue weighted by Gasteiger charge is -2.14. The normalized spacial score (nSPS) is 13.5. The van der Waals surface area contributed by atoms with E-state index in [-0.39, 0.29) is 10.6 Å². The molecule has 8 N–H and O–H groups in total. The van der Waals surface area contributed by atoms with Crippen LogP contribution in [0.2, 0.25) is 0 Å². The molecule has 0 saturated heterocycles. The Morgan fingerprint density at radius 1 is 0.561 bits per heavy atom. The summed E-state index contributed by atoms with van der Waals surface area (Å²) in [6.45, 7) is -1.95. The molecule has 0 fully saturated rings. The molecule has 31 heteroatoms. The number of anilines is 1. The minimum absolute atomic E-state index is 0.181. The molecule has 4 rings (SSSR count). The summed E-state index contributed by atoms with van der Waals surface area (Å²) < 4.78 is 188. The standard InChI is InChI=1S/C26H25N5O20S6/c27-23-22-14(11-20(54(38,39)40)24(23)30-28-15-1-3-16(4-2-15)52(34,35)9-7-50-56(44,45)46)12-21(55(41,42)43)25(26(22)33)31-29-18-13-17(5-6-19(18)32)53(36,37)10-8-51-57(47,48)49/h1-6,11-13,32-33H,7-10,27H2,(H,38,39,40)(H,41,42,43)(H,44,45,46)(H,47,48,49). The van der Waals surface area contributed by atoms with Crippen molar-refractivity contribution in [3.63, 3.8) is 0 Å². The minimum Gasteiger partial charge on any atom is -0.506 e. The highest BCUT2D eigenvalue weighted by Gasteiger charge is 2.28. The Morgan fingerprint density at radius 3 is 1.51 bits per heavy atom. The molecular formula is C26H25N5O20S6. The van der Waals surface area contributed by atoms with E-state index in [4.69, 9.17) is 14.8 Å². The van der Waals surface area contributed by atoms with E-state index in [2.05, 4.69) is 28.8 Å². The van der Waals surface area contributed by atoms with Crippen molar-refractivity contribution in [3.05, 3.63) is 54.6 Å². The van der Waals surface area contributed by atoms with E-state index in [1.54, 1.807) is 0 Å². The number of nitrogens with zero attached hydrogens (tertiary/aromatic N) is 4. The van der Waals surface area contributed by atoms with Crippen molar-refractivity contribution in [2.45, 2.75) is 19.6 Å². The first-order valence-corrected chi connectivity index (χ1v) is 23.4. The molecular weight excluding hydrogens is 895 g/mol. The average Bonchev–Trinajstić information content (AvgIpc) is 3.05. The summed E-state index contributed by atoms with van der Waals surface area (Å²) in [4.78, 5) is -3.37. The topological polar surface area (TPSA) is 420 Å². The number of rotatable bonds is 16. The minimum atomic E-state index is -5.40. The third-order valence-corrected chi connectivity index (χ3v) is 13.1. The lowest BCUT2D eigenvalue weighted by Crippen LogP contribution is -2.15. The Balaban J connectivity index is 1.82. The van der Waals surface area contributed by atoms with Crippen LogP contribution in [-0.4, -0.2) is 104 Å². The van der Waals surface area contributed by atoms with Crippen molar-refractivity contribution < 1.29 is 87.3 Å². The van der Waals surface area contributed by atoms with Gasteiger partial charge in [-0.25, -0.2) is 25.2 Å². The van der Waals surface area contributed by atoms with Crippen molar-refractivity contribution in [1.82, 2.24) is 0 Å². The maximum atomic E-state index is 12.7. The van der Waals surface area contributed by atoms with Crippen molar-refractivity contribution >= 4 is 99.9 Å². The highest BCUT2D eigenvalue weighted by molar-refractivity contribution is 7.91. The second-order valence-electron chi connectivity index (χ2n) is 10.9. The lowest BCUT2D eigenvalue weighted by molar-refractivity contribution is 0.282. The Hall–Kier alpha value is -4.80. The van der Waals surface area contributed by atoms with E-state index >= 15 is 0 Å². The molecule has 0 saturated carbocycles. The van der Waals surface area contributed by atoms with Gasteiger partial charge in [-0.2, -0.15) is 38.8 Å². The van der Waals surface area contributed by atoms with Gasteiger partial charge in [0, 0.05) is 0 Å². The number of phenolic OH excluding ortho intramolecular Hbond substituents is 2. The van der Waals surface area contributed by atoms with E-state index in [0.717, 1.165) is 36.4 Å². The maximum absolute atomic E-state index is 12.7. The van der Waals surface area contributed by atoms with E-state index < -0.39 is 145 Å². The second kappa shape index (κ2) is 16.2. The summed E-state index contributed by atoms with van der Waals surface area (Å²) in [7, 11) is -29.2.